The highest BCUT2D eigenvalue weighted by atomic mass is 35.5. The van der Waals surface area contributed by atoms with Gasteiger partial charge in [-0.1, -0.05) is 17.7 Å². The van der Waals surface area contributed by atoms with Gasteiger partial charge in [-0.05, 0) is 12.1 Å². The molecule has 0 spiro atoms. The van der Waals surface area contributed by atoms with Gasteiger partial charge in [0.2, 0.25) is 0 Å². The quantitative estimate of drug-likeness (QED) is 0.781. The summed E-state index contributed by atoms with van der Waals surface area (Å²) in [5.74, 6) is -1.55. The van der Waals surface area contributed by atoms with Crippen LogP contribution in [0.3, 0.4) is 0 Å². The van der Waals surface area contributed by atoms with Crippen molar-refractivity contribution >= 4 is 21.7 Å². The Balaban J connectivity index is 3.15. The molecular formula is C7H6ClFO3S. The fraction of sp³-hybridized carbons (Fsp3) is 0.143. The minimum atomic E-state index is -4.25. The zero-order valence-electron chi connectivity index (χ0n) is 6.37. The van der Waals surface area contributed by atoms with Gasteiger partial charge in [0, 0.05) is 10.6 Å². The highest BCUT2D eigenvalue weighted by Crippen LogP contribution is 2.20. The van der Waals surface area contributed by atoms with Crippen molar-refractivity contribution in [1.29, 1.82) is 0 Å². The first-order chi connectivity index (χ1) is 5.90. The number of hydrogen-bond donors (Lipinski definition) is 1. The standard InChI is InChI=1S/C7H6ClFO3S/c8-6-2-1-3-7(9)5(6)4-13(10,11)12/h1-3H,4H2,(H,10,11,12). The predicted molar refractivity (Wildman–Crippen MR) is 46.7 cm³/mol. The van der Waals surface area contributed by atoms with Crippen molar-refractivity contribution in [1.82, 2.24) is 0 Å². The number of benzene rings is 1. The van der Waals surface area contributed by atoms with Crippen molar-refractivity contribution < 1.29 is 17.4 Å². The molecule has 1 aromatic rings. The van der Waals surface area contributed by atoms with Crippen LogP contribution in [0.25, 0.3) is 0 Å². The van der Waals surface area contributed by atoms with E-state index in [-0.39, 0.29) is 10.6 Å². The van der Waals surface area contributed by atoms with Gasteiger partial charge in [0.05, 0.1) is 0 Å². The van der Waals surface area contributed by atoms with E-state index in [1.807, 2.05) is 0 Å². The molecule has 0 aliphatic carbocycles. The monoisotopic (exact) mass is 224 g/mol. The molecule has 0 unspecified atom stereocenters. The molecule has 3 nitrogen and oxygen atoms in total. The molecule has 0 bridgehead atoms. The summed E-state index contributed by atoms with van der Waals surface area (Å²) in [6.07, 6.45) is 0. The van der Waals surface area contributed by atoms with Gasteiger partial charge in [0.25, 0.3) is 10.1 Å². The molecule has 0 amide bonds. The summed E-state index contributed by atoms with van der Waals surface area (Å²) in [6, 6.07) is 3.78. The van der Waals surface area contributed by atoms with Crippen molar-refractivity contribution in [2.45, 2.75) is 5.75 Å². The van der Waals surface area contributed by atoms with Gasteiger partial charge >= 0.3 is 0 Å². The molecule has 0 aliphatic rings. The zero-order valence-corrected chi connectivity index (χ0v) is 7.94. The van der Waals surface area contributed by atoms with Crippen LogP contribution in [0.4, 0.5) is 4.39 Å². The maximum Gasteiger partial charge on any atom is 0.269 e. The van der Waals surface area contributed by atoms with Crippen molar-refractivity contribution in [3.05, 3.63) is 34.6 Å². The van der Waals surface area contributed by atoms with Crippen LogP contribution in [-0.2, 0) is 15.9 Å². The van der Waals surface area contributed by atoms with Crippen LogP contribution in [0.2, 0.25) is 5.02 Å². The summed E-state index contributed by atoms with van der Waals surface area (Å²) in [5.41, 5.74) is -0.216. The summed E-state index contributed by atoms with van der Waals surface area (Å²) in [4.78, 5) is 0. The van der Waals surface area contributed by atoms with E-state index in [1.165, 1.54) is 12.1 Å². The zero-order chi connectivity index (χ0) is 10.1. The third-order valence-electron chi connectivity index (χ3n) is 1.39. The van der Waals surface area contributed by atoms with Crippen LogP contribution >= 0.6 is 11.6 Å². The molecule has 0 fully saturated rings. The fourth-order valence-electron chi connectivity index (χ4n) is 0.853. The number of halogens is 2. The minimum Gasteiger partial charge on any atom is -0.285 e. The Morgan fingerprint density at radius 1 is 1.46 bits per heavy atom. The smallest absolute Gasteiger partial charge is 0.269 e. The van der Waals surface area contributed by atoms with E-state index in [4.69, 9.17) is 16.2 Å². The van der Waals surface area contributed by atoms with Gasteiger partial charge in [-0.15, -0.1) is 0 Å². The van der Waals surface area contributed by atoms with Crippen molar-refractivity contribution in [3.8, 4) is 0 Å². The summed E-state index contributed by atoms with van der Waals surface area (Å²) < 4.78 is 42.3. The van der Waals surface area contributed by atoms with E-state index in [0.29, 0.717) is 0 Å². The van der Waals surface area contributed by atoms with Crippen LogP contribution in [0.1, 0.15) is 5.56 Å². The van der Waals surface area contributed by atoms with Crippen LogP contribution in [0.15, 0.2) is 18.2 Å². The maximum absolute atomic E-state index is 12.9. The predicted octanol–water partition coefficient (Wildman–Crippen LogP) is 1.87. The fourth-order valence-corrected chi connectivity index (χ4v) is 1.82. The van der Waals surface area contributed by atoms with Gasteiger partial charge in [-0.25, -0.2) is 4.39 Å². The Labute approximate surface area is 79.9 Å². The summed E-state index contributed by atoms with van der Waals surface area (Å²) in [6.45, 7) is 0. The van der Waals surface area contributed by atoms with E-state index < -0.39 is 21.7 Å². The van der Waals surface area contributed by atoms with Gasteiger partial charge in [-0.3, -0.25) is 4.55 Å². The summed E-state index contributed by atoms with van der Waals surface area (Å²) in [7, 11) is -4.25. The normalized spacial score (nSPS) is 11.6. The molecule has 72 valence electrons. The minimum absolute atomic E-state index is 0.0161. The molecule has 0 aromatic heterocycles. The van der Waals surface area contributed by atoms with Gasteiger partial charge in [-0.2, -0.15) is 8.42 Å². The van der Waals surface area contributed by atoms with E-state index >= 15 is 0 Å². The van der Waals surface area contributed by atoms with Crippen LogP contribution < -0.4 is 0 Å². The molecule has 1 N–H and O–H groups in total. The van der Waals surface area contributed by atoms with Crippen LogP contribution in [0.5, 0.6) is 0 Å². The lowest BCUT2D eigenvalue weighted by Crippen LogP contribution is -2.04. The van der Waals surface area contributed by atoms with E-state index in [9.17, 15) is 12.8 Å². The Kier molecular flexibility index (Phi) is 2.90. The Morgan fingerprint density at radius 2 is 2.08 bits per heavy atom. The lowest BCUT2D eigenvalue weighted by Gasteiger charge is -2.02. The number of rotatable bonds is 2. The Bertz CT molecular complexity index is 395. The molecule has 0 heterocycles. The van der Waals surface area contributed by atoms with Gasteiger partial charge < -0.3 is 0 Å². The second-order valence-electron chi connectivity index (χ2n) is 2.43. The first kappa shape index (κ1) is 10.4. The lowest BCUT2D eigenvalue weighted by molar-refractivity contribution is 0.480. The third kappa shape index (κ3) is 2.95. The molecule has 0 aliphatic heterocycles. The third-order valence-corrected chi connectivity index (χ3v) is 2.40. The van der Waals surface area contributed by atoms with E-state index in [1.54, 1.807) is 0 Å². The molecule has 6 heteroatoms. The first-order valence-electron chi connectivity index (χ1n) is 3.28. The second-order valence-corrected chi connectivity index (χ2v) is 4.29. The lowest BCUT2D eigenvalue weighted by atomic mass is 10.2. The highest BCUT2D eigenvalue weighted by molar-refractivity contribution is 7.85. The Morgan fingerprint density at radius 3 is 2.54 bits per heavy atom. The molecule has 0 atom stereocenters. The molecule has 0 radical (unpaired) electrons. The SMILES string of the molecule is O=S(=O)(O)Cc1c(F)cccc1Cl. The maximum atomic E-state index is 12.9. The molecule has 13 heavy (non-hydrogen) atoms. The highest BCUT2D eigenvalue weighted by Gasteiger charge is 2.13. The first-order valence-corrected chi connectivity index (χ1v) is 5.27. The molecule has 0 saturated carbocycles. The van der Waals surface area contributed by atoms with Gasteiger partial charge in [0.15, 0.2) is 0 Å². The van der Waals surface area contributed by atoms with Gasteiger partial charge in [0.1, 0.15) is 11.6 Å². The van der Waals surface area contributed by atoms with Crippen molar-refractivity contribution in [3.63, 3.8) is 0 Å². The Hall–Kier alpha value is -0.650. The molecule has 1 aromatic carbocycles. The van der Waals surface area contributed by atoms with Crippen molar-refractivity contribution in [2.75, 3.05) is 0 Å². The molecule has 0 saturated heterocycles. The van der Waals surface area contributed by atoms with Crippen LogP contribution in [-0.4, -0.2) is 13.0 Å². The number of hydrogen-bond acceptors (Lipinski definition) is 2. The van der Waals surface area contributed by atoms with Crippen molar-refractivity contribution in [2.24, 2.45) is 0 Å². The molecular weight excluding hydrogens is 219 g/mol. The second kappa shape index (κ2) is 3.61. The average molecular weight is 225 g/mol. The summed E-state index contributed by atoms with van der Waals surface area (Å²) in [5, 5.41) is -0.0161. The molecule has 1 rings (SSSR count). The van der Waals surface area contributed by atoms with Crippen LogP contribution in [0, 0.1) is 5.82 Å². The van der Waals surface area contributed by atoms with E-state index in [2.05, 4.69) is 0 Å². The summed E-state index contributed by atoms with van der Waals surface area (Å²) >= 11 is 5.52. The topological polar surface area (TPSA) is 54.4 Å². The average Bonchev–Trinajstić information content (AvgIpc) is 1.95. The largest absolute Gasteiger partial charge is 0.285 e. The van der Waals surface area contributed by atoms with E-state index in [0.717, 1.165) is 6.07 Å².